The lowest BCUT2D eigenvalue weighted by Crippen LogP contribution is -2.41. The van der Waals surface area contributed by atoms with Crippen LogP contribution >= 0.6 is 0 Å². The first-order valence-electron chi connectivity index (χ1n) is 13.9. The Balaban J connectivity index is 1.35. The third-order valence-electron chi connectivity index (χ3n) is 7.00. The Morgan fingerprint density at radius 2 is 1.98 bits per heavy atom. The minimum Gasteiger partial charge on any atom is -0.493 e. The Labute approximate surface area is 240 Å². The van der Waals surface area contributed by atoms with Gasteiger partial charge >= 0.3 is 0 Å². The van der Waals surface area contributed by atoms with E-state index in [4.69, 9.17) is 9.72 Å². The Hall–Kier alpha value is -4.68. The second-order valence-electron chi connectivity index (χ2n) is 10.0. The van der Waals surface area contributed by atoms with E-state index in [0.717, 1.165) is 34.7 Å². The van der Waals surface area contributed by atoms with Crippen LogP contribution in [0.25, 0.3) is 11.3 Å². The fourth-order valence-electron chi connectivity index (χ4n) is 4.91. The number of piperidine rings is 1. The summed E-state index contributed by atoms with van der Waals surface area (Å²) in [6.07, 6.45) is 7.93. The standard InChI is InChI=1S/C32H34N6O3/c1-2-7-30(39)38-15-11-24(12-16-38)31(40)35-26-18-23-19-27(21-26)36-32-34-14-10-29(37-32)25-8-6-9-28(20-25)41-17-5-3-4-13-33-22-23/h3-4,6,8-10,14,18-21,24,33H,5,11-13,15-17,22H2,1H3,(H,35,40)(H,34,36,37)/b4-3+. The summed E-state index contributed by atoms with van der Waals surface area (Å²) in [5.74, 6) is 6.08. The maximum Gasteiger partial charge on any atom is 0.298 e. The van der Waals surface area contributed by atoms with E-state index in [-0.39, 0.29) is 17.7 Å². The van der Waals surface area contributed by atoms with E-state index in [1.165, 1.54) is 0 Å². The quantitative estimate of drug-likeness (QED) is 0.318. The molecule has 0 saturated carbocycles. The molecule has 3 aromatic rings. The zero-order valence-corrected chi connectivity index (χ0v) is 23.2. The molecular formula is C32H34N6O3. The van der Waals surface area contributed by atoms with Crippen molar-refractivity contribution in [3.8, 4) is 28.8 Å². The van der Waals surface area contributed by atoms with E-state index in [1.54, 1.807) is 18.0 Å². The molecule has 2 aliphatic heterocycles. The summed E-state index contributed by atoms with van der Waals surface area (Å²) in [5.41, 5.74) is 4.17. The van der Waals surface area contributed by atoms with Crippen LogP contribution in [-0.2, 0) is 16.1 Å². The summed E-state index contributed by atoms with van der Waals surface area (Å²) < 4.78 is 5.92. The van der Waals surface area contributed by atoms with Gasteiger partial charge in [0.25, 0.3) is 5.91 Å². The smallest absolute Gasteiger partial charge is 0.298 e. The number of nitrogens with one attached hydrogen (secondary N) is 3. The van der Waals surface area contributed by atoms with Gasteiger partial charge in [-0.15, -0.1) is 0 Å². The van der Waals surface area contributed by atoms with Gasteiger partial charge in [-0.25, -0.2) is 9.97 Å². The number of benzene rings is 2. The number of nitrogens with zero attached hydrogens (tertiary/aromatic N) is 3. The Kier molecular flexibility index (Phi) is 9.24. The monoisotopic (exact) mass is 550 g/mol. The van der Waals surface area contributed by atoms with Gasteiger partial charge in [-0.1, -0.05) is 30.2 Å². The zero-order valence-electron chi connectivity index (χ0n) is 23.2. The van der Waals surface area contributed by atoms with Crippen molar-refractivity contribution in [1.29, 1.82) is 0 Å². The van der Waals surface area contributed by atoms with E-state index in [1.807, 2.05) is 48.5 Å². The largest absolute Gasteiger partial charge is 0.493 e. The fourth-order valence-corrected chi connectivity index (χ4v) is 4.91. The zero-order chi connectivity index (χ0) is 28.4. The minimum absolute atomic E-state index is 0.0486. The van der Waals surface area contributed by atoms with Gasteiger partial charge in [-0.05, 0) is 74.1 Å². The summed E-state index contributed by atoms with van der Waals surface area (Å²) in [6.45, 7) is 4.61. The molecule has 0 aliphatic carbocycles. The molecule has 0 radical (unpaired) electrons. The number of amides is 2. The van der Waals surface area contributed by atoms with Crippen LogP contribution in [0.5, 0.6) is 5.75 Å². The highest BCUT2D eigenvalue weighted by Crippen LogP contribution is 2.27. The third-order valence-corrected chi connectivity index (χ3v) is 7.00. The number of ether oxygens (including phenoxy) is 1. The van der Waals surface area contributed by atoms with E-state index in [9.17, 15) is 9.59 Å². The number of aromatic nitrogens is 2. The molecular weight excluding hydrogens is 516 g/mol. The highest BCUT2D eigenvalue weighted by molar-refractivity contribution is 5.95. The average molecular weight is 551 g/mol. The van der Waals surface area contributed by atoms with E-state index < -0.39 is 0 Å². The van der Waals surface area contributed by atoms with Crippen LogP contribution in [0, 0.1) is 17.8 Å². The van der Waals surface area contributed by atoms with Gasteiger partial charge in [0, 0.05) is 55.2 Å². The number of hydrogen-bond acceptors (Lipinski definition) is 7. The first-order valence-corrected chi connectivity index (χ1v) is 13.9. The minimum atomic E-state index is -0.179. The van der Waals surface area contributed by atoms with Gasteiger partial charge in [0.1, 0.15) is 5.75 Å². The molecule has 2 amide bonds. The van der Waals surface area contributed by atoms with Crippen LogP contribution in [0.4, 0.5) is 17.3 Å². The average Bonchev–Trinajstić information content (AvgIpc) is 2.98. The maximum atomic E-state index is 13.2. The Morgan fingerprint density at radius 3 is 2.83 bits per heavy atom. The number of likely N-dealkylation sites (tertiary alicyclic amines) is 1. The molecule has 210 valence electrons. The lowest BCUT2D eigenvalue weighted by molar-refractivity contribution is -0.129. The highest BCUT2D eigenvalue weighted by atomic mass is 16.5. The van der Waals surface area contributed by atoms with Crippen LogP contribution in [0.15, 0.2) is 66.9 Å². The molecule has 2 aliphatic rings. The van der Waals surface area contributed by atoms with Crippen LogP contribution in [0.3, 0.4) is 0 Å². The first-order chi connectivity index (χ1) is 20.1. The number of anilines is 3. The molecule has 9 nitrogen and oxygen atoms in total. The van der Waals surface area contributed by atoms with Gasteiger partial charge in [0.15, 0.2) is 0 Å². The molecule has 41 heavy (non-hydrogen) atoms. The van der Waals surface area contributed by atoms with Gasteiger partial charge in [0.2, 0.25) is 11.9 Å². The predicted molar refractivity (Wildman–Crippen MR) is 160 cm³/mol. The van der Waals surface area contributed by atoms with Crippen molar-refractivity contribution >= 4 is 29.1 Å². The lowest BCUT2D eigenvalue weighted by atomic mass is 9.95. The molecule has 3 N–H and O–H groups in total. The number of rotatable bonds is 2. The third kappa shape index (κ3) is 7.71. The molecule has 2 aromatic carbocycles. The maximum absolute atomic E-state index is 13.2. The second-order valence-corrected chi connectivity index (χ2v) is 10.0. The van der Waals surface area contributed by atoms with Crippen molar-refractivity contribution in [3.63, 3.8) is 0 Å². The molecule has 0 atom stereocenters. The van der Waals surface area contributed by atoms with E-state index in [2.05, 4.69) is 44.9 Å². The topological polar surface area (TPSA) is 108 Å². The van der Waals surface area contributed by atoms with Crippen LogP contribution in [0.2, 0.25) is 0 Å². The Morgan fingerprint density at radius 1 is 1.10 bits per heavy atom. The van der Waals surface area contributed by atoms with Crippen molar-refractivity contribution in [1.82, 2.24) is 20.2 Å². The van der Waals surface area contributed by atoms with E-state index in [0.29, 0.717) is 57.3 Å². The van der Waals surface area contributed by atoms with Gasteiger partial charge in [-0.3, -0.25) is 9.59 Å². The van der Waals surface area contributed by atoms with Crippen molar-refractivity contribution < 1.29 is 14.3 Å². The summed E-state index contributed by atoms with van der Waals surface area (Å²) in [4.78, 5) is 36.1. The van der Waals surface area contributed by atoms with Crippen LogP contribution in [0.1, 0.15) is 31.7 Å². The second kappa shape index (κ2) is 13.6. The van der Waals surface area contributed by atoms with Crippen molar-refractivity contribution in [2.45, 2.75) is 32.7 Å². The molecule has 1 saturated heterocycles. The first kappa shape index (κ1) is 27.9. The summed E-state index contributed by atoms with van der Waals surface area (Å²) in [6, 6.07) is 15.6. The summed E-state index contributed by atoms with van der Waals surface area (Å²) in [5, 5.41) is 9.85. The van der Waals surface area contributed by atoms with Crippen LogP contribution in [-0.4, -0.2) is 52.9 Å². The van der Waals surface area contributed by atoms with Crippen molar-refractivity contribution in [2.75, 3.05) is 36.9 Å². The summed E-state index contributed by atoms with van der Waals surface area (Å²) in [7, 11) is 0. The van der Waals surface area contributed by atoms with Gasteiger partial charge in [-0.2, -0.15) is 0 Å². The molecule has 6 bridgehead atoms. The van der Waals surface area contributed by atoms with Crippen molar-refractivity contribution in [2.24, 2.45) is 5.92 Å². The molecule has 0 unspecified atom stereocenters. The number of fused-ring (bicyclic) bond motifs is 7. The molecule has 3 heterocycles. The molecule has 5 rings (SSSR count). The van der Waals surface area contributed by atoms with E-state index >= 15 is 0 Å². The molecule has 1 fully saturated rings. The summed E-state index contributed by atoms with van der Waals surface area (Å²) >= 11 is 0. The normalized spacial score (nSPS) is 16.5. The number of carbonyl (C=O) groups excluding carboxylic acids is 2. The molecule has 1 aromatic heterocycles. The number of hydrogen-bond donors (Lipinski definition) is 3. The lowest BCUT2D eigenvalue weighted by Gasteiger charge is -2.30. The fraction of sp³-hybridized carbons (Fsp3) is 0.312. The van der Waals surface area contributed by atoms with Gasteiger partial charge in [0.05, 0.1) is 12.3 Å². The Bertz CT molecular complexity index is 1480. The SMILES string of the molecule is CC#CC(=O)N1CCC(C(=O)Nc2cc3cc(c2)Nc2nccc(n2)-c2cccc(c2)OCC/C=C/CNC3)CC1. The number of carbonyl (C=O) groups is 2. The van der Waals surface area contributed by atoms with Crippen molar-refractivity contribution in [3.05, 3.63) is 72.4 Å². The highest BCUT2D eigenvalue weighted by Gasteiger charge is 2.27. The molecule has 0 spiro atoms. The van der Waals surface area contributed by atoms with Gasteiger partial charge < -0.3 is 25.6 Å². The van der Waals surface area contributed by atoms with Crippen LogP contribution < -0.4 is 20.7 Å². The molecule has 9 heteroatoms. The predicted octanol–water partition coefficient (Wildman–Crippen LogP) is 4.52.